The van der Waals surface area contributed by atoms with Crippen molar-refractivity contribution in [2.45, 2.75) is 45.0 Å². The van der Waals surface area contributed by atoms with Crippen molar-refractivity contribution in [3.8, 4) is 5.75 Å². The first-order valence-corrected chi connectivity index (χ1v) is 12.9. The summed E-state index contributed by atoms with van der Waals surface area (Å²) in [5.74, 6) is 1.72. The van der Waals surface area contributed by atoms with Crippen LogP contribution in [0.5, 0.6) is 5.75 Å². The number of allylic oxidation sites excluding steroid dienone is 1. The molecule has 0 aromatic heterocycles. The summed E-state index contributed by atoms with van der Waals surface area (Å²) in [6.07, 6.45) is 2.56. The lowest BCUT2D eigenvalue weighted by Gasteiger charge is -2.48. The molecule has 0 saturated heterocycles. The van der Waals surface area contributed by atoms with Crippen LogP contribution in [0, 0.1) is 5.41 Å². The molecule has 0 fully saturated rings. The van der Waals surface area contributed by atoms with Crippen LogP contribution >= 0.6 is 0 Å². The van der Waals surface area contributed by atoms with Crippen LogP contribution in [0.15, 0.2) is 66.4 Å². The molecule has 0 saturated carbocycles. The van der Waals surface area contributed by atoms with E-state index in [9.17, 15) is 4.79 Å². The van der Waals surface area contributed by atoms with Gasteiger partial charge >= 0.3 is 0 Å². The number of para-hydroxylation sites is 1. The van der Waals surface area contributed by atoms with Gasteiger partial charge in [0, 0.05) is 12.3 Å². The molecule has 0 N–H and O–H groups in total. The molecule has 1 aliphatic heterocycles. The van der Waals surface area contributed by atoms with E-state index in [0.717, 1.165) is 11.3 Å². The second-order valence-electron chi connectivity index (χ2n) is 8.65. The Morgan fingerprint density at radius 2 is 1.70 bits per heavy atom. The molecule has 27 heavy (non-hydrogen) atoms. The Balaban J connectivity index is 1.85. The van der Waals surface area contributed by atoms with Crippen molar-refractivity contribution in [2.24, 2.45) is 5.41 Å². The smallest absolute Gasteiger partial charge is 0.241 e. The quantitative estimate of drug-likeness (QED) is 0.656. The maximum Gasteiger partial charge on any atom is 0.241 e. The average Bonchev–Trinajstić information content (AvgIpc) is 2.63. The summed E-state index contributed by atoms with van der Waals surface area (Å²) in [6, 6.07) is 17.8. The maximum absolute atomic E-state index is 13.6. The van der Waals surface area contributed by atoms with Crippen LogP contribution in [-0.2, 0) is 4.43 Å². The monoisotopic (exact) mass is 378 g/mol. The summed E-state index contributed by atoms with van der Waals surface area (Å²) in [5, 5.41) is 0. The number of ketones is 1. The Labute approximate surface area is 162 Å². The minimum atomic E-state index is -1.75. The van der Waals surface area contributed by atoms with E-state index in [1.165, 1.54) is 0 Å². The van der Waals surface area contributed by atoms with Crippen LogP contribution in [0.2, 0.25) is 19.6 Å². The number of hydrogen-bond acceptors (Lipinski definition) is 3. The summed E-state index contributed by atoms with van der Waals surface area (Å²) >= 11 is 0. The molecular formula is C23H26O3Si. The zero-order chi connectivity index (χ0) is 19.2. The number of carbonyl (C=O) groups excluding carboxylic acids is 1. The average molecular weight is 379 g/mol. The molecule has 1 unspecified atom stereocenters. The first kappa shape index (κ1) is 18.0. The standard InChI is InChI=1S/C23H26O3Si/c1-23-19(16-10-6-5-7-11-16)14-17(26-27(2,3)4)15-21(23)25-20-13-9-8-12-18(20)22(23)24/h5-14,19,21H,15H2,1-4H3/t19?,21-,23+/m0/s1. The minimum Gasteiger partial charge on any atom is -0.547 e. The molecule has 3 atom stereocenters. The van der Waals surface area contributed by atoms with Crippen molar-refractivity contribution < 1.29 is 14.0 Å². The van der Waals surface area contributed by atoms with Gasteiger partial charge in [0.2, 0.25) is 8.32 Å². The Bertz CT molecular complexity index is 897. The number of rotatable bonds is 3. The number of benzene rings is 2. The van der Waals surface area contributed by atoms with E-state index in [1.54, 1.807) is 0 Å². The molecule has 0 amide bonds. The van der Waals surface area contributed by atoms with E-state index in [1.807, 2.05) is 42.5 Å². The third-order valence-electron chi connectivity index (χ3n) is 5.54. The fraction of sp³-hybridized carbons (Fsp3) is 0.348. The van der Waals surface area contributed by atoms with E-state index in [-0.39, 0.29) is 17.8 Å². The lowest BCUT2D eigenvalue weighted by molar-refractivity contribution is 0.0171. The Hall–Kier alpha value is -2.33. The van der Waals surface area contributed by atoms with Crippen LogP contribution in [0.3, 0.4) is 0 Å². The largest absolute Gasteiger partial charge is 0.547 e. The molecule has 2 aromatic rings. The number of carbonyl (C=O) groups is 1. The van der Waals surface area contributed by atoms with E-state index < -0.39 is 13.7 Å². The fourth-order valence-corrected chi connectivity index (χ4v) is 5.18. The molecule has 2 aliphatic rings. The second-order valence-corrected chi connectivity index (χ2v) is 13.1. The predicted molar refractivity (Wildman–Crippen MR) is 110 cm³/mol. The second kappa shape index (κ2) is 6.38. The van der Waals surface area contributed by atoms with E-state index in [2.05, 4.69) is 44.8 Å². The molecule has 0 bridgehead atoms. The molecular weight excluding hydrogens is 352 g/mol. The fourth-order valence-electron chi connectivity index (χ4n) is 4.25. The summed E-state index contributed by atoms with van der Waals surface area (Å²) in [5.41, 5.74) is 1.15. The normalized spacial score (nSPS) is 27.1. The zero-order valence-electron chi connectivity index (χ0n) is 16.4. The first-order chi connectivity index (χ1) is 12.8. The summed E-state index contributed by atoms with van der Waals surface area (Å²) in [4.78, 5) is 13.6. The summed E-state index contributed by atoms with van der Waals surface area (Å²) < 4.78 is 12.7. The molecule has 4 heteroatoms. The van der Waals surface area contributed by atoms with Gasteiger partial charge in [-0.2, -0.15) is 0 Å². The third kappa shape index (κ3) is 3.12. The molecule has 0 radical (unpaired) electrons. The van der Waals surface area contributed by atoms with E-state index in [0.29, 0.717) is 17.7 Å². The first-order valence-electron chi connectivity index (χ1n) is 9.54. The van der Waals surface area contributed by atoms with Crippen LogP contribution in [0.4, 0.5) is 0 Å². The lowest BCUT2D eigenvalue weighted by Crippen LogP contribution is -2.52. The van der Waals surface area contributed by atoms with Crippen LogP contribution < -0.4 is 4.74 Å². The SMILES string of the molecule is C[C@]12C(=O)c3ccccc3O[C@H]1CC(O[Si](C)(C)C)=CC2c1ccccc1. The highest BCUT2D eigenvalue weighted by atomic mass is 28.4. The van der Waals surface area contributed by atoms with Crippen molar-refractivity contribution in [2.75, 3.05) is 0 Å². The van der Waals surface area contributed by atoms with Crippen LogP contribution in [-0.4, -0.2) is 20.2 Å². The highest BCUT2D eigenvalue weighted by molar-refractivity contribution is 6.70. The van der Waals surface area contributed by atoms with Crippen molar-refractivity contribution in [3.63, 3.8) is 0 Å². The van der Waals surface area contributed by atoms with Gasteiger partial charge in [-0.25, -0.2) is 0 Å². The Morgan fingerprint density at radius 1 is 1.04 bits per heavy atom. The molecule has 140 valence electrons. The highest BCUT2D eigenvalue weighted by Gasteiger charge is 2.55. The summed E-state index contributed by atoms with van der Waals surface area (Å²) in [6.45, 7) is 8.60. The molecule has 4 rings (SSSR count). The van der Waals surface area contributed by atoms with Crippen molar-refractivity contribution >= 4 is 14.1 Å². The third-order valence-corrected chi connectivity index (χ3v) is 6.41. The Morgan fingerprint density at radius 3 is 2.41 bits per heavy atom. The van der Waals surface area contributed by atoms with Gasteiger partial charge in [-0.1, -0.05) is 42.5 Å². The van der Waals surface area contributed by atoms with Crippen LogP contribution in [0.1, 0.15) is 35.2 Å². The molecule has 1 heterocycles. The molecule has 2 aromatic carbocycles. The van der Waals surface area contributed by atoms with Crippen molar-refractivity contribution in [1.82, 2.24) is 0 Å². The molecule has 3 nitrogen and oxygen atoms in total. The van der Waals surface area contributed by atoms with Gasteiger partial charge in [0.25, 0.3) is 0 Å². The maximum atomic E-state index is 13.6. The predicted octanol–water partition coefficient (Wildman–Crippen LogP) is 5.56. The Kier molecular flexibility index (Phi) is 4.26. The van der Waals surface area contributed by atoms with Gasteiger partial charge in [0.1, 0.15) is 11.9 Å². The van der Waals surface area contributed by atoms with E-state index >= 15 is 0 Å². The molecule has 0 spiro atoms. The van der Waals surface area contributed by atoms with Crippen LogP contribution in [0.25, 0.3) is 0 Å². The lowest BCUT2D eigenvalue weighted by atomic mass is 9.61. The van der Waals surface area contributed by atoms with Crippen molar-refractivity contribution in [3.05, 3.63) is 77.6 Å². The van der Waals surface area contributed by atoms with Gasteiger partial charge in [-0.05, 0) is 50.3 Å². The van der Waals surface area contributed by atoms with E-state index in [4.69, 9.17) is 9.16 Å². The zero-order valence-corrected chi connectivity index (χ0v) is 17.4. The van der Waals surface area contributed by atoms with Gasteiger partial charge in [0.15, 0.2) is 5.78 Å². The van der Waals surface area contributed by atoms with Gasteiger partial charge in [0.05, 0.1) is 16.7 Å². The summed E-state index contributed by atoms with van der Waals surface area (Å²) in [7, 11) is -1.75. The highest BCUT2D eigenvalue weighted by Crippen LogP contribution is 2.53. The van der Waals surface area contributed by atoms with Crippen molar-refractivity contribution in [1.29, 1.82) is 0 Å². The van der Waals surface area contributed by atoms with Gasteiger partial charge in [-0.15, -0.1) is 0 Å². The number of ether oxygens (including phenoxy) is 1. The minimum absolute atomic E-state index is 0.0790. The number of Topliss-reactive ketones (excluding diaryl/α,β-unsaturated/α-hetero) is 1. The molecule has 1 aliphatic carbocycles. The number of fused-ring (bicyclic) bond motifs is 2. The topological polar surface area (TPSA) is 35.5 Å². The van der Waals surface area contributed by atoms with Gasteiger partial charge in [-0.3, -0.25) is 4.79 Å². The number of hydrogen-bond donors (Lipinski definition) is 0. The van der Waals surface area contributed by atoms with Gasteiger partial charge < -0.3 is 9.16 Å².